The summed E-state index contributed by atoms with van der Waals surface area (Å²) in [5.74, 6) is -0.00541. The van der Waals surface area contributed by atoms with E-state index in [1.165, 1.54) is 6.07 Å². The van der Waals surface area contributed by atoms with Crippen LogP contribution in [0.5, 0.6) is 5.75 Å². The molecule has 0 saturated heterocycles. The minimum atomic E-state index is -2.91. The lowest BCUT2D eigenvalue weighted by molar-refractivity contribution is -0.0512. The average molecular weight is 278 g/mol. The lowest BCUT2D eigenvalue weighted by Gasteiger charge is -2.17. The van der Waals surface area contributed by atoms with Crippen molar-refractivity contribution in [3.8, 4) is 5.75 Å². The highest BCUT2D eigenvalue weighted by molar-refractivity contribution is 5.42. The molecule has 0 bridgehead atoms. The quantitative estimate of drug-likeness (QED) is 0.916. The monoisotopic (exact) mass is 278 g/mol. The minimum absolute atomic E-state index is 0.00541. The molecule has 2 rings (SSSR count). The fourth-order valence-corrected chi connectivity index (χ4v) is 2.26. The van der Waals surface area contributed by atoms with Gasteiger partial charge in [0, 0.05) is 5.56 Å². The Kier molecular flexibility index (Phi) is 4.35. The van der Waals surface area contributed by atoms with Crippen LogP contribution in [0.25, 0.3) is 0 Å². The summed E-state index contributed by atoms with van der Waals surface area (Å²) in [6.45, 7) is 0.929. The zero-order valence-corrected chi connectivity index (χ0v) is 11.3. The average Bonchev–Trinajstić information content (AvgIpc) is 2.36. The van der Waals surface area contributed by atoms with Gasteiger partial charge in [-0.15, -0.1) is 0 Å². The molecule has 0 aliphatic heterocycles. The Hall–Kier alpha value is -1.94. The van der Waals surface area contributed by atoms with Crippen LogP contribution in [0.3, 0.4) is 0 Å². The molecule has 0 radical (unpaired) electrons. The molecule has 1 unspecified atom stereocenters. The molecule has 0 aliphatic rings. The molecule has 0 saturated carbocycles. The van der Waals surface area contributed by atoms with Crippen molar-refractivity contribution in [1.29, 1.82) is 0 Å². The first-order chi connectivity index (χ1) is 9.47. The van der Waals surface area contributed by atoms with Crippen LogP contribution in [0.4, 0.5) is 8.78 Å². The zero-order valence-electron chi connectivity index (χ0n) is 11.3. The maximum absolute atomic E-state index is 12.4. The predicted octanol–water partition coefficient (Wildman–Crippen LogP) is 3.99. The van der Waals surface area contributed by atoms with Crippen LogP contribution >= 0.6 is 0 Å². The lowest BCUT2D eigenvalue weighted by atomic mass is 9.97. The van der Waals surface area contributed by atoms with Crippen molar-refractivity contribution < 1.29 is 18.6 Å². The molecule has 1 atom stereocenters. The second-order valence-electron chi connectivity index (χ2n) is 4.74. The van der Waals surface area contributed by atoms with Gasteiger partial charge in [0.15, 0.2) is 0 Å². The van der Waals surface area contributed by atoms with Crippen LogP contribution in [0.2, 0.25) is 0 Å². The van der Waals surface area contributed by atoms with Gasteiger partial charge < -0.3 is 9.84 Å². The van der Waals surface area contributed by atoms with E-state index >= 15 is 0 Å². The van der Waals surface area contributed by atoms with Crippen molar-refractivity contribution in [3.63, 3.8) is 0 Å². The third-order valence-electron chi connectivity index (χ3n) is 2.99. The second kappa shape index (κ2) is 6.01. The van der Waals surface area contributed by atoms with E-state index in [4.69, 9.17) is 0 Å². The molecule has 2 aromatic carbocycles. The van der Waals surface area contributed by atoms with Crippen LogP contribution in [0, 0.1) is 13.8 Å². The summed E-state index contributed by atoms with van der Waals surface area (Å²) in [4.78, 5) is 0. The van der Waals surface area contributed by atoms with E-state index in [0.29, 0.717) is 11.1 Å². The standard InChI is InChI=1S/C16H16F2O2/c1-10-7-11(2)9-12(8-10)15(19)13-5-3-4-6-14(13)20-16(17)18/h3-9,15-16,19H,1-2H3. The fourth-order valence-electron chi connectivity index (χ4n) is 2.26. The molecule has 0 aromatic heterocycles. The topological polar surface area (TPSA) is 29.5 Å². The van der Waals surface area contributed by atoms with E-state index in [9.17, 15) is 13.9 Å². The highest BCUT2D eigenvalue weighted by atomic mass is 19.3. The molecular formula is C16H16F2O2. The number of aryl methyl sites for hydroxylation is 2. The summed E-state index contributed by atoms with van der Waals surface area (Å²) in [5, 5.41) is 10.4. The molecule has 0 amide bonds. The smallest absolute Gasteiger partial charge is 0.387 e. The molecule has 0 fully saturated rings. The Morgan fingerprint density at radius 2 is 1.60 bits per heavy atom. The molecule has 2 nitrogen and oxygen atoms in total. The van der Waals surface area contributed by atoms with Gasteiger partial charge in [-0.2, -0.15) is 8.78 Å². The summed E-state index contributed by atoms with van der Waals surface area (Å²) in [5.41, 5.74) is 3.00. The minimum Gasteiger partial charge on any atom is -0.434 e. The van der Waals surface area contributed by atoms with Crippen LogP contribution in [-0.2, 0) is 0 Å². The number of hydrogen-bond donors (Lipinski definition) is 1. The van der Waals surface area contributed by atoms with E-state index in [1.807, 2.05) is 32.0 Å². The maximum Gasteiger partial charge on any atom is 0.387 e. The van der Waals surface area contributed by atoms with Crippen molar-refractivity contribution in [2.45, 2.75) is 26.6 Å². The van der Waals surface area contributed by atoms with Gasteiger partial charge in [-0.3, -0.25) is 0 Å². The molecule has 0 spiro atoms. The van der Waals surface area contributed by atoms with Gasteiger partial charge in [0.25, 0.3) is 0 Å². The fraction of sp³-hybridized carbons (Fsp3) is 0.250. The van der Waals surface area contributed by atoms with E-state index in [-0.39, 0.29) is 5.75 Å². The van der Waals surface area contributed by atoms with Gasteiger partial charge >= 0.3 is 6.61 Å². The number of aliphatic hydroxyl groups is 1. The van der Waals surface area contributed by atoms with Crippen molar-refractivity contribution in [2.75, 3.05) is 0 Å². The summed E-state index contributed by atoms with van der Waals surface area (Å²) < 4.78 is 29.2. The van der Waals surface area contributed by atoms with Crippen LogP contribution in [0.15, 0.2) is 42.5 Å². The normalized spacial score (nSPS) is 12.5. The Bertz CT molecular complexity index is 577. The number of halogens is 2. The number of ether oxygens (including phenoxy) is 1. The number of alkyl halides is 2. The Morgan fingerprint density at radius 1 is 1.00 bits per heavy atom. The zero-order chi connectivity index (χ0) is 14.7. The SMILES string of the molecule is Cc1cc(C)cc(C(O)c2ccccc2OC(F)F)c1. The Morgan fingerprint density at radius 3 is 2.20 bits per heavy atom. The summed E-state index contributed by atoms with van der Waals surface area (Å²) in [6.07, 6.45) is -0.997. The van der Waals surface area contributed by atoms with Gasteiger partial charge in [-0.25, -0.2) is 0 Å². The molecule has 1 N–H and O–H groups in total. The number of rotatable bonds is 4. The molecule has 0 heterocycles. The first-order valence-electron chi connectivity index (χ1n) is 6.27. The van der Waals surface area contributed by atoms with Crippen molar-refractivity contribution in [3.05, 3.63) is 64.7 Å². The Labute approximate surface area is 116 Å². The van der Waals surface area contributed by atoms with E-state index in [0.717, 1.165) is 11.1 Å². The molecule has 0 aliphatic carbocycles. The molecule has 20 heavy (non-hydrogen) atoms. The number of para-hydroxylation sites is 1. The number of aliphatic hydroxyl groups excluding tert-OH is 1. The summed E-state index contributed by atoms with van der Waals surface area (Å²) >= 11 is 0. The first kappa shape index (κ1) is 14.5. The summed E-state index contributed by atoms with van der Waals surface area (Å²) in [6, 6.07) is 11.9. The van der Waals surface area contributed by atoms with E-state index < -0.39 is 12.7 Å². The largest absolute Gasteiger partial charge is 0.434 e. The molecule has 106 valence electrons. The third-order valence-corrected chi connectivity index (χ3v) is 2.99. The van der Waals surface area contributed by atoms with E-state index in [2.05, 4.69) is 4.74 Å². The Balaban J connectivity index is 2.39. The van der Waals surface area contributed by atoms with Gasteiger partial charge in [0.1, 0.15) is 11.9 Å². The first-order valence-corrected chi connectivity index (χ1v) is 6.27. The van der Waals surface area contributed by atoms with Crippen molar-refractivity contribution in [1.82, 2.24) is 0 Å². The van der Waals surface area contributed by atoms with E-state index in [1.54, 1.807) is 18.2 Å². The number of hydrogen-bond acceptors (Lipinski definition) is 2. The predicted molar refractivity (Wildman–Crippen MR) is 73.1 cm³/mol. The van der Waals surface area contributed by atoms with Gasteiger partial charge in [0.05, 0.1) is 0 Å². The highest BCUT2D eigenvalue weighted by Crippen LogP contribution is 2.31. The van der Waals surface area contributed by atoms with Crippen LogP contribution in [0.1, 0.15) is 28.4 Å². The summed E-state index contributed by atoms with van der Waals surface area (Å²) in [7, 11) is 0. The number of benzene rings is 2. The maximum atomic E-state index is 12.4. The van der Waals surface area contributed by atoms with Crippen LogP contribution < -0.4 is 4.74 Å². The van der Waals surface area contributed by atoms with Crippen molar-refractivity contribution in [2.24, 2.45) is 0 Å². The second-order valence-corrected chi connectivity index (χ2v) is 4.74. The van der Waals surface area contributed by atoms with Crippen LogP contribution in [-0.4, -0.2) is 11.7 Å². The van der Waals surface area contributed by atoms with Gasteiger partial charge in [-0.05, 0) is 25.5 Å². The highest BCUT2D eigenvalue weighted by Gasteiger charge is 2.18. The van der Waals surface area contributed by atoms with Gasteiger partial charge in [-0.1, -0.05) is 47.5 Å². The third kappa shape index (κ3) is 3.33. The lowest BCUT2D eigenvalue weighted by Crippen LogP contribution is -2.08. The van der Waals surface area contributed by atoms with Gasteiger partial charge in [0.2, 0.25) is 0 Å². The van der Waals surface area contributed by atoms with Crippen molar-refractivity contribution >= 4 is 0 Å². The molecule has 4 heteroatoms. The molecular weight excluding hydrogens is 262 g/mol. The molecule has 2 aromatic rings.